The number of hydrogen-bond acceptors (Lipinski definition) is 2. The summed E-state index contributed by atoms with van der Waals surface area (Å²) in [4.78, 5) is 0. The van der Waals surface area contributed by atoms with Gasteiger partial charge in [0.25, 0.3) is 0 Å². The van der Waals surface area contributed by atoms with E-state index in [0.29, 0.717) is 6.04 Å². The molecule has 2 aromatic rings. The van der Waals surface area contributed by atoms with Gasteiger partial charge < -0.3 is 9.73 Å². The Morgan fingerprint density at radius 2 is 2.00 bits per heavy atom. The molecule has 3 rings (SSSR count). The van der Waals surface area contributed by atoms with Gasteiger partial charge in [0.2, 0.25) is 0 Å². The number of furan rings is 1. The first-order chi connectivity index (χ1) is 9.78. The van der Waals surface area contributed by atoms with E-state index in [1.165, 1.54) is 42.4 Å². The highest BCUT2D eigenvalue weighted by Crippen LogP contribution is 2.32. The zero-order chi connectivity index (χ0) is 13.9. The molecule has 0 spiro atoms. The van der Waals surface area contributed by atoms with Crippen molar-refractivity contribution in [3.05, 3.63) is 47.2 Å². The van der Waals surface area contributed by atoms with Gasteiger partial charge in [0.1, 0.15) is 11.5 Å². The van der Waals surface area contributed by atoms with Crippen LogP contribution in [-0.2, 0) is 19.3 Å². The fourth-order valence-corrected chi connectivity index (χ4v) is 3.05. The number of nitrogens with one attached hydrogen (secondary N) is 1. The Hall–Kier alpha value is -1.54. The summed E-state index contributed by atoms with van der Waals surface area (Å²) in [5.74, 6) is 2.09. The Balaban J connectivity index is 1.90. The molecule has 0 fully saturated rings. The van der Waals surface area contributed by atoms with Crippen LogP contribution in [0, 0.1) is 0 Å². The average molecular weight is 269 g/mol. The summed E-state index contributed by atoms with van der Waals surface area (Å²) >= 11 is 0. The Bertz CT molecular complexity index is 585. The van der Waals surface area contributed by atoms with Crippen LogP contribution in [0.5, 0.6) is 0 Å². The Labute approximate surface area is 121 Å². The van der Waals surface area contributed by atoms with Crippen molar-refractivity contribution in [2.24, 2.45) is 0 Å². The first-order valence-electron chi connectivity index (χ1n) is 7.65. The number of likely N-dealkylation sites (N-methyl/N-ethyl adjacent to an activating group) is 1. The van der Waals surface area contributed by atoms with E-state index in [2.05, 4.69) is 42.6 Å². The van der Waals surface area contributed by atoms with Gasteiger partial charge in [-0.15, -0.1) is 0 Å². The predicted molar refractivity (Wildman–Crippen MR) is 83.0 cm³/mol. The van der Waals surface area contributed by atoms with Crippen molar-refractivity contribution in [1.82, 2.24) is 5.32 Å². The summed E-state index contributed by atoms with van der Waals surface area (Å²) in [5, 5.41) is 3.25. The maximum atomic E-state index is 6.07. The lowest BCUT2D eigenvalue weighted by Gasteiger charge is -2.18. The van der Waals surface area contributed by atoms with Crippen molar-refractivity contribution >= 4 is 0 Å². The molecule has 2 nitrogen and oxygen atoms in total. The van der Waals surface area contributed by atoms with Crippen LogP contribution in [-0.4, -0.2) is 13.1 Å². The third kappa shape index (κ3) is 2.66. The first-order valence-corrected chi connectivity index (χ1v) is 7.65. The van der Waals surface area contributed by atoms with E-state index < -0.39 is 0 Å². The van der Waals surface area contributed by atoms with E-state index in [1.54, 1.807) is 0 Å². The van der Waals surface area contributed by atoms with Gasteiger partial charge >= 0.3 is 0 Å². The van der Waals surface area contributed by atoms with Crippen LogP contribution < -0.4 is 5.32 Å². The van der Waals surface area contributed by atoms with Gasteiger partial charge in [-0.2, -0.15) is 0 Å². The molecule has 1 N–H and O–H groups in total. The van der Waals surface area contributed by atoms with Crippen molar-refractivity contribution in [3.63, 3.8) is 0 Å². The molecular formula is C18H23NO. The molecule has 1 aliphatic rings. The molecule has 0 saturated carbocycles. The van der Waals surface area contributed by atoms with E-state index in [0.717, 1.165) is 17.9 Å². The second-order valence-electron chi connectivity index (χ2n) is 5.81. The summed E-state index contributed by atoms with van der Waals surface area (Å²) in [6, 6.07) is 11.3. The number of hydrogen-bond donors (Lipinski definition) is 1. The summed E-state index contributed by atoms with van der Waals surface area (Å²) in [6.07, 6.45) is 5.96. The highest BCUT2D eigenvalue weighted by Gasteiger charge is 2.16. The van der Waals surface area contributed by atoms with Crippen molar-refractivity contribution in [1.29, 1.82) is 0 Å². The zero-order valence-electron chi connectivity index (χ0n) is 12.4. The molecule has 2 heteroatoms. The van der Waals surface area contributed by atoms with Crippen LogP contribution in [0.1, 0.15) is 36.7 Å². The predicted octanol–water partition coefficient (Wildman–Crippen LogP) is 3.98. The van der Waals surface area contributed by atoms with Crippen LogP contribution in [0.4, 0.5) is 0 Å². The van der Waals surface area contributed by atoms with Crippen LogP contribution >= 0.6 is 0 Å². The van der Waals surface area contributed by atoms with E-state index in [9.17, 15) is 0 Å². The van der Waals surface area contributed by atoms with E-state index >= 15 is 0 Å². The van der Waals surface area contributed by atoms with E-state index in [1.807, 2.05) is 7.05 Å². The largest absolute Gasteiger partial charge is 0.461 e. The second kappa shape index (κ2) is 5.84. The molecule has 1 heterocycles. The van der Waals surface area contributed by atoms with Gasteiger partial charge in [-0.3, -0.25) is 0 Å². The lowest BCUT2D eigenvalue weighted by molar-refractivity contribution is 0.480. The molecule has 106 valence electrons. The molecule has 1 aliphatic carbocycles. The minimum Gasteiger partial charge on any atom is -0.461 e. The third-order valence-electron chi connectivity index (χ3n) is 4.32. The number of benzene rings is 1. The second-order valence-corrected chi connectivity index (χ2v) is 5.81. The van der Waals surface area contributed by atoms with Gasteiger partial charge in [-0.25, -0.2) is 0 Å². The Morgan fingerprint density at radius 1 is 1.15 bits per heavy atom. The van der Waals surface area contributed by atoms with Crippen molar-refractivity contribution in [3.8, 4) is 11.3 Å². The number of fused-ring (bicyclic) bond motifs is 1. The topological polar surface area (TPSA) is 25.2 Å². The minimum absolute atomic E-state index is 0.443. The fraction of sp³-hybridized carbons (Fsp3) is 0.444. The van der Waals surface area contributed by atoms with Crippen LogP contribution in [0.2, 0.25) is 0 Å². The molecule has 1 aromatic heterocycles. The smallest absolute Gasteiger partial charge is 0.134 e. The summed E-state index contributed by atoms with van der Waals surface area (Å²) in [7, 11) is 1.99. The first kappa shape index (κ1) is 13.4. The molecule has 0 aliphatic heterocycles. The highest BCUT2D eigenvalue weighted by atomic mass is 16.3. The van der Waals surface area contributed by atoms with Gasteiger partial charge in [0.05, 0.1) is 0 Å². The Kier molecular flexibility index (Phi) is 3.93. The van der Waals surface area contributed by atoms with E-state index in [4.69, 9.17) is 4.42 Å². The maximum absolute atomic E-state index is 6.07. The molecular weight excluding hydrogens is 246 g/mol. The van der Waals surface area contributed by atoms with Gasteiger partial charge in [0, 0.05) is 18.0 Å². The summed E-state index contributed by atoms with van der Waals surface area (Å²) < 4.78 is 6.07. The summed E-state index contributed by atoms with van der Waals surface area (Å²) in [6.45, 7) is 2.17. The molecule has 0 saturated heterocycles. The summed E-state index contributed by atoms with van der Waals surface area (Å²) in [5.41, 5.74) is 4.31. The normalized spacial score (nSPS) is 15.9. The van der Waals surface area contributed by atoms with Crippen molar-refractivity contribution in [2.45, 2.75) is 45.1 Å². The van der Waals surface area contributed by atoms with Crippen molar-refractivity contribution < 1.29 is 4.42 Å². The standard InChI is InChI=1S/C18H23NO/c1-13(19-2)12-15-10-11-18(20-15)17-9-5-7-14-6-3-4-8-16(14)17/h5,7,9-11,13,19H,3-4,6,8,12H2,1-2H3. The molecule has 1 unspecified atom stereocenters. The third-order valence-corrected chi connectivity index (χ3v) is 4.32. The minimum atomic E-state index is 0.443. The van der Waals surface area contributed by atoms with Crippen molar-refractivity contribution in [2.75, 3.05) is 7.05 Å². The zero-order valence-corrected chi connectivity index (χ0v) is 12.4. The van der Waals surface area contributed by atoms with Crippen LogP contribution in [0.3, 0.4) is 0 Å². The van der Waals surface area contributed by atoms with E-state index in [-0.39, 0.29) is 0 Å². The number of aryl methyl sites for hydroxylation is 1. The quantitative estimate of drug-likeness (QED) is 0.908. The maximum Gasteiger partial charge on any atom is 0.134 e. The lowest BCUT2D eigenvalue weighted by atomic mass is 9.87. The molecule has 0 amide bonds. The SMILES string of the molecule is CNC(C)Cc1ccc(-c2cccc3c2CCCC3)o1. The van der Waals surface area contributed by atoms with Gasteiger partial charge in [-0.05, 0) is 62.9 Å². The monoisotopic (exact) mass is 269 g/mol. The lowest BCUT2D eigenvalue weighted by Crippen LogP contribution is -2.23. The molecule has 1 atom stereocenters. The molecule has 20 heavy (non-hydrogen) atoms. The van der Waals surface area contributed by atoms with Gasteiger partial charge in [0.15, 0.2) is 0 Å². The fourth-order valence-electron chi connectivity index (χ4n) is 3.05. The molecule has 0 radical (unpaired) electrons. The molecule has 0 bridgehead atoms. The van der Waals surface area contributed by atoms with Crippen LogP contribution in [0.15, 0.2) is 34.7 Å². The Morgan fingerprint density at radius 3 is 2.85 bits per heavy atom. The van der Waals surface area contributed by atoms with Crippen LogP contribution in [0.25, 0.3) is 11.3 Å². The number of rotatable bonds is 4. The van der Waals surface area contributed by atoms with Gasteiger partial charge in [-0.1, -0.05) is 18.2 Å². The average Bonchev–Trinajstić information content (AvgIpc) is 2.94. The molecule has 1 aromatic carbocycles. The highest BCUT2D eigenvalue weighted by molar-refractivity contribution is 5.64.